The van der Waals surface area contributed by atoms with Gasteiger partial charge >= 0.3 is 0 Å². The summed E-state index contributed by atoms with van der Waals surface area (Å²) in [5.74, 6) is 0.0862. The van der Waals surface area contributed by atoms with Crippen LogP contribution < -0.4 is 11.1 Å². The molecule has 0 aliphatic rings. The van der Waals surface area contributed by atoms with Crippen molar-refractivity contribution in [1.29, 1.82) is 0 Å². The number of hydrogen-bond donors (Lipinski definition) is 2. The number of hydrogen-bond acceptors (Lipinski definition) is 3. The van der Waals surface area contributed by atoms with E-state index in [-0.39, 0.29) is 11.9 Å². The molecule has 0 aromatic heterocycles. The number of nitrogens with one attached hydrogen (secondary N) is 1. The molecule has 0 fully saturated rings. The van der Waals surface area contributed by atoms with Gasteiger partial charge in [-0.15, -0.1) is 0 Å². The Balaban J connectivity index is 2.51. The fourth-order valence-electron chi connectivity index (χ4n) is 2.21. The fourth-order valence-corrected chi connectivity index (χ4v) is 2.21. The maximum absolute atomic E-state index is 12.1. The maximum Gasteiger partial charge on any atom is 0.234 e. The summed E-state index contributed by atoms with van der Waals surface area (Å²) in [6.07, 6.45) is 1.94. The molecule has 1 rings (SSSR count). The van der Waals surface area contributed by atoms with Gasteiger partial charge in [-0.05, 0) is 18.4 Å². The van der Waals surface area contributed by atoms with Gasteiger partial charge in [0, 0.05) is 25.7 Å². The smallest absolute Gasteiger partial charge is 0.234 e. The molecular formula is C16H27N3O. The van der Waals surface area contributed by atoms with E-state index in [1.54, 1.807) is 0 Å². The van der Waals surface area contributed by atoms with E-state index >= 15 is 0 Å². The molecule has 4 heteroatoms. The first kappa shape index (κ1) is 16.7. The van der Waals surface area contributed by atoms with E-state index in [2.05, 4.69) is 36.2 Å². The summed E-state index contributed by atoms with van der Waals surface area (Å²) >= 11 is 0. The molecule has 0 heterocycles. The van der Waals surface area contributed by atoms with Gasteiger partial charge in [-0.25, -0.2) is 0 Å². The van der Waals surface area contributed by atoms with Crippen LogP contribution in [0.2, 0.25) is 0 Å². The first-order valence-electron chi connectivity index (χ1n) is 7.45. The van der Waals surface area contributed by atoms with Gasteiger partial charge in [-0.3, -0.25) is 9.69 Å². The minimum Gasteiger partial charge on any atom is -0.352 e. The molecule has 1 amide bonds. The molecule has 0 saturated heterocycles. The quantitative estimate of drug-likeness (QED) is 0.723. The first-order chi connectivity index (χ1) is 9.69. The fraction of sp³-hybridized carbons (Fsp3) is 0.562. The highest BCUT2D eigenvalue weighted by Gasteiger charge is 2.13. The predicted octanol–water partition coefficient (Wildman–Crippen LogP) is 1.75. The van der Waals surface area contributed by atoms with Gasteiger partial charge in [0.05, 0.1) is 6.54 Å². The van der Waals surface area contributed by atoms with Crippen molar-refractivity contribution in [3.05, 3.63) is 35.9 Å². The second kappa shape index (κ2) is 9.50. The summed E-state index contributed by atoms with van der Waals surface area (Å²) in [4.78, 5) is 14.1. The molecule has 0 aliphatic heterocycles. The van der Waals surface area contributed by atoms with E-state index in [4.69, 9.17) is 5.73 Å². The average molecular weight is 277 g/mol. The Labute approximate surface area is 122 Å². The van der Waals surface area contributed by atoms with Crippen LogP contribution in [0.1, 0.15) is 32.3 Å². The number of nitrogens with zero attached hydrogens (tertiary/aromatic N) is 1. The molecule has 1 aromatic carbocycles. The van der Waals surface area contributed by atoms with Crippen molar-refractivity contribution in [3.63, 3.8) is 0 Å². The normalized spacial score (nSPS) is 11.1. The summed E-state index contributed by atoms with van der Waals surface area (Å²) in [6.45, 7) is 6.64. The molecule has 0 aliphatic carbocycles. The van der Waals surface area contributed by atoms with Gasteiger partial charge in [0.15, 0.2) is 0 Å². The van der Waals surface area contributed by atoms with Crippen LogP contribution in [0.5, 0.6) is 0 Å². The highest BCUT2D eigenvalue weighted by atomic mass is 16.2. The van der Waals surface area contributed by atoms with E-state index in [9.17, 15) is 4.79 Å². The van der Waals surface area contributed by atoms with E-state index in [0.29, 0.717) is 13.1 Å². The standard InChI is InChI=1S/C16H27N3O/c1-3-15(4-2)18-16(20)13-19(11-10-17)12-14-8-6-5-7-9-14/h5-9,15H,3-4,10-13,17H2,1-2H3,(H,18,20). The molecule has 20 heavy (non-hydrogen) atoms. The molecule has 0 radical (unpaired) electrons. The Morgan fingerprint density at radius 2 is 1.90 bits per heavy atom. The molecule has 112 valence electrons. The number of rotatable bonds is 9. The summed E-state index contributed by atoms with van der Waals surface area (Å²) < 4.78 is 0. The van der Waals surface area contributed by atoms with Crippen molar-refractivity contribution in [1.82, 2.24) is 10.2 Å². The third-order valence-electron chi connectivity index (χ3n) is 3.41. The average Bonchev–Trinajstić information content (AvgIpc) is 2.46. The summed E-state index contributed by atoms with van der Waals surface area (Å²) in [7, 11) is 0. The molecular weight excluding hydrogens is 250 g/mol. The van der Waals surface area contributed by atoms with Gasteiger partial charge in [0.2, 0.25) is 5.91 Å². The number of nitrogens with two attached hydrogens (primary N) is 1. The molecule has 4 nitrogen and oxygen atoms in total. The number of amides is 1. The zero-order chi connectivity index (χ0) is 14.8. The number of carbonyl (C=O) groups is 1. The zero-order valence-corrected chi connectivity index (χ0v) is 12.6. The first-order valence-corrected chi connectivity index (χ1v) is 7.45. The molecule has 0 atom stereocenters. The molecule has 1 aromatic rings. The molecule has 0 bridgehead atoms. The van der Waals surface area contributed by atoms with Crippen molar-refractivity contribution in [3.8, 4) is 0 Å². The molecule has 0 spiro atoms. The minimum atomic E-state index is 0.0862. The lowest BCUT2D eigenvalue weighted by Gasteiger charge is -2.23. The Morgan fingerprint density at radius 3 is 2.45 bits per heavy atom. The Morgan fingerprint density at radius 1 is 1.25 bits per heavy atom. The Hall–Kier alpha value is -1.39. The van der Waals surface area contributed by atoms with Crippen LogP contribution in [0.15, 0.2) is 30.3 Å². The molecule has 0 saturated carbocycles. The van der Waals surface area contributed by atoms with Crippen molar-refractivity contribution >= 4 is 5.91 Å². The lowest BCUT2D eigenvalue weighted by Crippen LogP contribution is -2.42. The van der Waals surface area contributed by atoms with Crippen molar-refractivity contribution < 1.29 is 4.79 Å². The SMILES string of the molecule is CCC(CC)NC(=O)CN(CCN)Cc1ccccc1. The van der Waals surface area contributed by atoms with E-state index in [1.165, 1.54) is 5.56 Å². The summed E-state index contributed by atoms with van der Waals surface area (Å²) in [5, 5.41) is 3.07. The van der Waals surface area contributed by atoms with Crippen LogP contribution in [-0.4, -0.2) is 36.5 Å². The Kier molecular flexibility index (Phi) is 7.92. The topological polar surface area (TPSA) is 58.4 Å². The van der Waals surface area contributed by atoms with Crippen molar-refractivity contribution in [2.75, 3.05) is 19.6 Å². The van der Waals surface area contributed by atoms with Crippen LogP contribution in [0.25, 0.3) is 0 Å². The third-order valence-corrected chi connectivity index (χ3v) is 3.41. The molecule has 0 unspecified atom stereocenters. The molecule has 3 N–H and O–H groups in total. The lowest BCUT2D eigenvalue weighted by atomic mass is 10.1. The minimum absolute atomic E-state index is 0.0862. The number of benzene rings is 1. The van der Waals surface area contributed by atoms with Crippen molar-refractivity contribution in [2.45, 2.75) is 39.3 Å². The van der Waals surface area contributed by atoms with E-state index in [0.717, 1.165) is 25.9 Å². The van der Waals surface area contributed by atoms with Crippen LogP contribution in [0.4, 0.5) is 0 Å². The van der Waals surface area contributed by atoms with Crippen LogP contribution >= 0.6 is 0 Å². The monoisotopic (exact) mass is 277 g/mol. The number of carbonyl (C=O) groups excluding carboxylic acids is 1. The maximum atomic E-state index is 12.1. The van der Waals surface area contributed by atoms with Crippen LogP contribution in [-0.2, 0) is 11.3 Å². The highest BCUT2D eigenvalue weighted by molar-refractivity contribution is 5.78. The lowest BCUT2D eigenvalue weighted by molar-refractivity contribution is -0.123. The van der Waals surface area contributed by atoms with Crippen LogP contribution in [0, 0.1) is 0 Å². The van der Waals surface area contributed by atoms with Gasteiger partial charge in [-0.1, -0.05) is 44.2 Å². The van der Waals surface area contributed by atoms with E-state index in [1.807, 2.05) is 18.2 Å². The third kappa shape index (κ3) is 6.17. The van der Waals surface area contributed by atoms with Crippen molar-refractivity contribution in [2.24, 2.45) is 5.73 Å². The summed E-state index contributed by atoms with van der Waals surface area (Å²) in [6, 6.07) is 10.4. The van der Waals surface area contributed by atoms with Gasteiger partial charge in [-0.2, -0.15) is 0 Å². The second-order valence-corrected chi connectivity index (χ2v) is 5.07. The van der Waals surface area contributed by atoms with E-state index < -0.39 is 0 Å². The van der Waals surface area contributed by atoms with Crippen LogP contribution in [0.3, 0.4) is 0 Å². The van der Waals surface area contributed by atoms with Gasteiger partial charge in [0.1, 0.15) is 0 Å². The van der Waals surface area contributed by atoms with Gasteiger partial charge in [0.25, 0.3) is 0 Å². The zero-order valence-electron chi connectivity index (χ0n) is 12.6. The Bertz CT molecular complexity index is 377. The largest absolute Gasteiger partial charge is 0.352 e. The predicted molar refractivity (Wildman–Crippen MR) is 83.3 cm³/mol. The summed E-state index contributed by atoms with van der Waals surface area (Å²) in [5.41, 5.74) is 6.84. The highest BCUT2D eigenvalue weighted by Crippen LogP contribution is 2.04. The second-order valence-electron chi connectivity index (χ2n) is 5.07. The van der Waals surface area contributed by atoms with Gasteiger partial charge < -0.3 is 11.1 Å².